The van der Waals surface area contributed by atoms with E-state index in [9.17, 15) is 62.0 Å². The van der Waals surface area contributed by atoms with Gasteiger partial charge in [-0.05, 0) is 151 Å². The molecule has 0 saturated carbocycles. The van der Waals surface area contributed by atoms with E-state index >= 15 is 0 Å². The van der Waals surface area contributed by atoms with Crippen LogP contribution in [0.4, 0.5) is 0 Å². The summed E-state index contributed by atoms with van der Waals surface area (Å²) in [5.74, 6) is -2.37. The van der Waals surface area contributed by atoms with Gasteiger partial charge in [0, 0.05) is 82.5 Å². The van der Waals surface area contributed by atoms with E-state index in [0.717, 1.165) is 70.5 Å². The SMILES string of the molecule is CC(=O)NCCOCCOCCN(CCCS(=O)(=O)[O-])CCCS(=O)(=O)[O-].Cc1ccc2nc3c4ccc5c6ccc7c8c(ccc(c9ccc(c(=O)n3c2c1)c4c95)c68)c(=O)n1c2cc(C(=O)NCCOCCOCCN(CCCS(=O)(=O)O)CCCS(=O)(=O)O)ccc2nc71.[Na+].[Na+].[Na+].[Na+]. The van der Waals surface area contributed by atoms with Crippen LogP contribution in [0.5, 0.6) is 0 Å². The molecular weight excluding hydrogens is 1420 g/mol. The second kappa shape index (κ2) is 37.6. The van der Waals surface area contributed by atoms with Crippen molar-refractivity contribution in [2.45, 2.75) is 39.5 Å². The Labute approximate surface area is 665 Å². The number of fused-ring (bicyclic) bond motifs is 10. The van der Waals surface area contributed by atoms with Crippen molar-refractivity contribution < 1.29 is 199 Å². The maximum absolute atomic E-state index is 14.6. The maximum Gasteiger partial charge on any atom is 1.00 e. The minimum Gasteiger partial charge on any atom is -0.748 e. The number of carbonyl (C=O) groups excluding carboxylic acids is 2. The number of nitrogens with one attached hydrogen (secondary N) is 2. The first kappa shape index (κ1) is 85.4. The zero-order chi connectivity index (χ0) is 68.7. The van der Waals surface area contributed by atoms with Gasteiger partial charge in [-0.3, -0.25) is 37.1 Å². The monoisotopic (exact) mass is 1490 g/mol. The van der Waals surface area contributed by atoms with Crippen molar-refractivity contribution in [2.75, 3.05) is 128 Å². The Balaban J connectivity index is 0.000000436. The van der Waals surface area contributed by atoms with E-state index < -0.39 is 63.5 Å². The van der Waals surface area contributed by atoms with E-state index in [4.69, 9.17) is 38.0 Å². The Bertz CT molecular complexity index is 5200. The summed E-state index contributed by atoms with van der Waals surface area (Å²) in [5.41, 5.74) is 4.73. The summed E-state index contributed by atoms with van der Waals surface area (Å²) >= 11 is 0. The third-order valence-electron chi connectivity index (χ3n) is 16.5. The van der Waals surface area contributed by atoms with Crippen LogP contribution in [0, 0.1) is 6.92 Å². The first-order valence-corrected chi connectivity index (χ1v) is 37.4. The van der Waals surface area contributed by atoms with E-state index in [-0.39, 0.29) is 226 Å². The second-order valence-corrected chi connectivity index (χ2v) is 29.6. The number of benzene rings is 7. The Morgan fingerprint density at radius 2 is 0.810 bits per heavy atom. The van der Waals surface area contributed by atoms with E-state index in [0.29, 0.717) is 84.7 Å². The molecule has 0 atom stereocenters. The molecule has 28 nitrogen and oxygen atoms in total. The summed E-state index contributed by atoms with van der Waals surface area (Å²) in [6, 6.07) is 27.0. The number of ether oxygens (including phenoxy) is 4. The quantitative estimate of drug-likeness (QED) is 0.00942. The van der Waals surface area contributed by atoms with Gasteiger partial charge in [0.1, 0.15) is 11.3 Å². The van der Waals surface area contributed by atoms with Crippen LogP contribution < -0.4 is 140 Å². The third-order valence-corrected chi connectivity index (χ3v) is 19.7. The van der Waals surface area contributed by atoms with Gasteiger partial charge in [0.15, 0.2) is 0 Å². The molecule has 100 heavy (non-hydrogen) atoms. The molecule has 4 heterocycles. The molecule has 2 amide bonds. The molecule has 36 heteroatoms. The average Bonchev–Trinajstić information content (AvgIpc) is 1.12. The van der Waals surface area contributed by atoms with Gasteiger partial charge < -0.3 is 48.5 Å². The second-order valence-electron chi connectivity index (χ2n) is 23.4. The van der Waals surface area contributed by atoms with Gasteiger partial charge in [-0.2, -0.15) is 16.8 Å². The zero-order valence-corrected chi connectivity index (χ0v) is 67.9. The first-order chi connectivity index (χ1) is 45.6. The molecule has 0 aliphatic rings. The number of rotatable bonds is 35. The molecule has 7 aromatic carbocycles. The van der Waals surface area contributed by atoms with Gasteiger partial charge >= 0.3 is 118 Å². The third kappa shape index (κ3) is 21.8. The molecule has 0 aliphatic heterocycles. The fourth-order valence-corrected chi connectivity index (χ4v) is 14.2. The van der Waals surface area contributed by atoms with E-state index in [1.807, 2.05) is 55.5 Å². The van der Waals surface area contributed by atoms with Crippen molar-refractivity contribution in [1.29, 1.82) is 0 Å². The van der Waals surface area contributed by atoms with Crippen LogP contribution in [-0.4, -0.2) is 220 Å². The van der Waals surface area contributed by atoms with Gasteiger partial charge in [0.2, 0.25) is 5.91 Å². The predicted octanol–water partition coefficient (Wildman–Crippen LogP) is -7.49. The summed E-state index contributed by atoms with van der Waals surface area (Å²) in [6.45, 7) is 8.09. The normalized spacial score (nSPS) is 12.4. The van der Waals surface area contributed by atoms with Crippen molar-refractivity contribution >= 4 is 150 Å². The van der Waals surface area contributed by atoms with Crippen LogP contribution in [0.2, 0.25) is 0 Å². The number of aromatic nitrogens is 4. The minimum absolute atomic E-state index is 0. The molecule has 4 aromatic heterocycles. The molecule has 4 N–H and O–H groups in total. The van der Waals surface area contributed by atoms with Crippen LogP contribution in [0.15, 0.2) is 94.5 Å². The summed E-state index contributed by atoms with van der Waals surface area (Å²) in [5, 5.41) is 15.7. The average molecular weight is 1490 g/mol. The Morgan fingerprint density at radius 1 is 0.460 bits per heavy atom. The van der Waals surface area contributed by atoms with Crippen LogP contribution in [0.25, 0.3) is 98.0 Å². The molecule has 11 aromatic rings. The largest absolute Gasteiger partial charge is 1.00 e. The standard InChI is InChI=1S/C50H44N6O11S2.C14H30N2O9S2.4Na/c1-28-4-14-38-40(26-28)55-46(52-38)34-10-6-30-31-7-11-35-45-37(13-9-33(43(31)45)32-8-12-36(49(55)58)44(34)42(30)32)50(59)56-41-27-29(5-15-39(41)53-47(35)56)48(57)51-16-20-66-22-23-67-21-19-54(17-2-24-68(60,61)62)18-3-25-69(63,64)65;1-14(17)15-4-8-24-10-11-25-9-7-16(5-2-12-26(18,19)20)6-3-13-27(21,22)23;;;;/h4-15,26-27H,2-3,16-25H2,1H3,(H,51,57)(H,60,61,62)(H,63,64,65);2-13H2,1H3,(H,15,17)(H,18,19,20)(H,21,22,23);;;;/q;;4*+1/p-2. The number of hydrogen-bond acceptors (Lipinski definition) is 22. The molecule has 0 unspecified atom stereocenters. The molecule has 0 bridgehead atoms. The van der Waals surface area contributed by atoms with Gasteiger partial charge in [0.25, 0.3) is 37.3 Å². The topological polar surface area (TPSA) is 393 Å². The maximum atomic E-state index is 14.6. The van der Waals surface area contributed by atoms with Crippen LogP contribution in [0.1, 0.15) is 48.5 Å². The number of amides is 2. The van der Waals surface area contributed by atoms with Crippen LogP contribution >= 0.6 is 0 Å². The number of aryl methyl sites for hydroxylation is 1. The van der Waals surface area contributed by atoms with Gasteiger partial charge in [0.05, 0.1) is 107 Å². The Morgan fingerprint density at radius 3 is 1.21 bits per heavy atom. The van der Waals surface area contributed by atoms with Crippen molar-refractivity contribution in [2.24, 2.45) is 0 Å². The van der Waals surface area contributed by atoms with Gasteiger partial charge in [-0.25, -0.2) is 26.8 Å². The predicted molar refractivity (Wildman–Crippen MR) is 362 cm³/mol. The molecule has 514 valence electrons. The number of hydrogen-bond donors (Lipinski definition) is 4. The van der Waals surface area contributed by atoms with Gasteiger partial charge in [-0.15, -0.1) is 0 Å². The molecule has 0 fully saturated rings. The number of nitrogens with zero attached hydrogens (tertiary/aromatic N) is 6. The molecule has 0 spiro atoms. The van der Waals surface area contributed by atoms with Crippen LogP contribution in [0.3, 0.4) is 0 Å². The Kier molecular flexibility index (Phi) is 32.1. The van der Waals surface area contributed by atoms with E-state index in [1.54, 1.807) is 36.8 Å². The fourth-order valence-electron chi connectivity index (χ4n) is 12.2. The summed E-state index contributed by atoms with van der Waals surface area (Å²) < 4.78 is 152. The summed E-state index contributed by atoms with van der Waals surface area (Å²) in [7, 11) is -16.9. The zero-order valence-electron chi connectivity index (χ0n) is 56.6. The van der Waals surface area contributed by atoms with Crippen LogP contribution in [-0.2, 0) is 64.2 Å². The Hall–Kier alpha value is -3.54. The number of carbonyl (C=O) groups is 2. The van der Waals surface area contributed by atoms with Crippen molar-refractivity contribution in [3.63, 3.8) is 0 Å². The van der Waals surface area contributed by atoms with Crippen molar-refractivity contribution in [1.82, 2.24) is 39.2 Å². The van der Waals surface area contributed by atoms with Crippen molar-refractivity contribution in [3.8, 4) is 0 Å². The molecule has 11 rings (SSSR count). The first-order valence-electron chi connectivity index (χ1n) is 31.0. The van der Waals surface area contributed by atoms with Crippen molar-refractivity contribution in [3.05, 3.63) is 117 Å². The fraction of sp³-hybridized carbons (Fsp3) is 0.406. The number of imidazole rings is 2. The van der Waals surface area contributed by atoms with E-state index in [1.165, 1.54) is 6.92 Å². The number of pyridine rings is 2. The molecule has 0 radical (unpaired) electrons. The van der Waals surface area contributed by atoms with Gasteiger partial charge in [-0.1, -0.05) is 30.3 Å². The van der Waals surface area contributed by atoms with E-state index in [2.05, 4.69) is 28.8 Å². The summed E-state index contributed by atoms with van der Waals surface area (Å²) in [4.78, 5) is 66.3. The summed E-state index contributed by atoms with van der Waals surface area (Å²) in [6.07, 6.45) is 0.503. The minimum atomic E-state index is -4.31. The smallest absolute Gasteiger partial charge is 0.748 e. The molecule has 0 saturated heterocycles. The molecular formula is C64H72N8Na4O20S4+2. The molecule has 0 aliphatic carbocycles.